The molecule has 0 spiro atoms. The molecule has 0 aliphatic carbocycles. The van der Waals surface area contributed by atoms with E-state index >= 15 is 0 Å². The fourth-order valence-corrected chi connectivity index (χ4v) is 1.34. The normalized spacial score (nSPS) is 13.1. The predicted molar refractivity (Wildman–Crippen MR) is 52.6 cm³/mol. The second kappa shape index (κ2) is 3.32. The number of halogens is 1. The summed E-state index contributed by atoms with van der Waals surface area (Å²) in [5.41, 5.74) is 0.310. The van der Waals surface area contributed by atoms with E-state index < -0.39 is 5.56 Å². The first-order valence-electron chi connectivity index (χ1n) is 3.95. The monoisotopic (exact) mass is 193 g/mol. The highest BCUT2D eigenvalue weighted by Crippen LogP contribution is 2.18. The van der Waals surface area contributed by atoms with Crippen molar-refractivity contribution >= 4 is 22.5 Å². The van der Waals surface area contributed by atoms with Crippen LogP contribution in [0.4, 0.5) is 0 Å². The SMILES string of the molecule is OC(Cl)c1ccc2ccccc2n1. The summed E-state index contributed by atoms with van der Waals surface area (Å²) in [6.07, 6.45) is 0. The molecule has 13 heavy (non-hydrogen) atoms. The molecule has 1 atom stereocenters. The van der Waals surface area contributed by atoms with E-state index in [0.717, 1.165) is 10.9 Å². The zero-order chi connectivity index (χ0) is 9.26. The lowest BCUT2D eigenvalue weighted by atomic mass is 10.2. The topological polar surface area (TPSA) is 33.1 Å². The molecule has 0 radical (unpaired) electrons. The van der Waals surface area contributed by atoms with Crippen LogP contribution in [0.2, 0.25) is 0 Å². The summed E-state index contributed by atoms with van der Waals surface area (Å²) in [7, 11) is 0. The smallest absolute Gasteiger partial charge is 0.170 e. The first kappa shape index (κ1) is 8.48. The lowest BCUT2D eigenvalue weighted by molar-refractivity contribution is 0.258. The Morgan fingerprint density at radius 3 is 2.69 bits per heavy atom. The summed E-state index contributed by atoms with van der Waals surface area (Å²) >= 11 is 5.50. The number of hydrogen-bond donors (Lipinski definition) is 1. The number of rotatable bonds is 1. The molecule has 0 saturated heterocycles. The molecule has 0 aliphatic rings. The zero-order valence-electron chi connectivity index (χ0n) is 6.81. The van der Waals surface area contributed by atoms with Crippen LogP contribution in [0, 0.1) is 0 Å². The standard InChI is InChI=1S/C10H8ClNO/c11-10(13)9-6-5-7-3-1-2-4-8(7)12-9/h1-6,10,13H. The number of aliphatic hydroxyl groups is 1. The van der Waals surface area contributed by atoms with Crippen LogP contribution in [0.1, 0.15) is 11.3 Å². The maximum absolute atomic E-state index is 9.09. The van der Waals surface area contributed by atoms with Crippen molar-refractivity contribution in [1.29, 1.82) is 0 Å². The summed E-state index contributed by atoms with van der Waals surface area (Å²) in [6, 6.07) is 11.3. The third kappa shape index (κ3) is 1.64. The molecule has 1 aromatic heterocycles. The van der Waals surface area contributed by atoms with Crippen LogP contribution in [-0.2, 0) is 0 Å². The number of pyridine rings is 1. The van der Waals surface area contributed by atoms with Gasteiger partial charge < -0.3 is 5.11 Å². The molecule has 1 N–H and O–H groups in total. The molecule has 0 fully saturated rings. The third-order valence-electron chi connectivity index (χ3n) is 1.86. The van der Waals surface area contributed by atoms with Crippen molar-refractivity contribution in [3.8, 4) is 0 Å². The predicted octanol–water partition coefficient (Wildman–Crippen LogP) is 2.46. The Hall–Kier alpha value is -1.12. The first-order valence-corrected chi connectivity index (χ1v) is 4.39. The van der Waals surface area contributed by atoms with Crippen LogP contribution in [0.15, 0.2) is 36.4 Å². The molecule has 1 unspecified atom stereocenters. The number of para-hydroxylation sites is 1. The Kier molecular flexibility index (Phi) is 2.17. The van der Waals surface area contributed by atoms with E-state index in [9.17, 15) is 0 Å². The van der Waals surface area contributed by atoms with Gasteiger partial charge in [0.2, 0.25) is 0 Å². The number of benzene rings is 1. The summed E-state index contributed by atoms with van der Waals surface area (Å²) < 4.78 is 0. The second-order valence-corrected chi connectivity index (χ2v) is 3.18. The fraction of sp³-hybridized carbons (Fsp3) is 0.100. The van der Waals surface area contributed by atoms with Gasteiger partial charge in [0.15, 0.2) is 5.56 Å². The van der Waals surface area contributed by atoms with Gasteiger partial charge in [-0.2, -0.15) is 0 Å². The largest absolute Gasteiger partial charge is 0.372 e. The number of nitrogens with zero attached hydrogens (tertiary/aromatic N) is 1. The zero-order valence-corrected chi connectivity index (χ0v) is 7.57. The van der Waals surface area contributed by atoms with E-state index in [0.29, 0.717) is 5.69 Å². The highest BCUT2D eigenvalue weighted by atomic mass is 35.5. The van der Waals surface area contributed by atoms with Crippen LogP contribution in [-0.4, -0.2) is 10.1 Å². The van der Waals surface area contributed by atoms with Crippen LogP contribution in [0.3, 0.4) is 0 Å². The average molecular weight is 194 g/mol. The lowest BCUT2D eigenvalue weighted by Crippen LogP contribution is -1.92. The second-order valence-electron chi connectivity index (χ2n) is 2.76. The number of fused-ring (bicyclic) bond motifs is 1. The van der Waals surface area contributed by atoms with Gasteiger partial charge in [-0.25, -0.2) is 4.98 Å². The van der Waals surface area contributed by atoms with E-state index in [4.69, 9.17) is 16.7 Å². The molecule has 0 bridgehead atoms. The van der Waals surface area contributed by atoms with Crippen molar-refractivity contribution in [1.82, 2.24) is 4.98 Å². The molecular formula is C10H8ClNO. The van der Waals surface area contributed by atoms with Gasteiger partial charge in [0.05, 0.1) is 11.2 Å². The Morgan fingerprint density at radius 2 is 1.92 bits per heavy atom. The average Bonchev–Trinajstić information content (AvgIpc) is 2.17. The highest BCUT2D eigenvalue weighted by molar-refractivity contribution is 6.19. The van der Waals surface area contributed by atoms with Crippen molar-refractivity contribution in [2.75, 3.05) is 0 Å². The van der Waals surface area contributed by atoms with Crippen molar-refractivity contribution < 1.29 is 5.11 Å². The summed E-state index contributed by atoms with van der Waals surface area (Å²) in [5, 5.41) is 10.1. The van der Waals surface area contributed by atoms with Gasteiger partial charge in [0.1, 0.15) is 0 Å². The van der Waals surface area contributed by atoms with Gasteiger partial charge in [-0.1, -0.05) is 35.9 Å². The third-order valence-corrected chi connectivity index (χ3v) is 2.09. The molecule has 0 aliphatic heterocycles. The molecule has 66 valence electrons. The fourth-order valence-electron chi connectivity index (χ4n) is 1.21. The molecule has 1 aromatic carbocycles. The van der Waals surface area contributed by atoms with E-state index in [1.54, 1.807) is 6.07 Å². The minimum atomic E-state index is -1.02. The van der Waals surface area contributed by atoms with Crippen molar-refractivity contribution in [2.24, 2.45) is 0 Å². The van der Waals surface area contributed by atoms with E-state index in [1.807, 2.05) is 30.3 Å². The maximum atomic E-state index is 9.09. The van der Waals surface area contributed by atoms with Gasteiger partial charge >= 0.3 is 0 Å². The Labute approximate surface area is 80.8 Å². The maximum Gasteiger partial charge on any atom is 0.170 e. The summed E-state index contributed by atoms with van der Waals surface area (Å²) in [6.45, 7) is 0. The summed E-state index contributed by atoms with van der Waals surface area (Å²) in [5.74, 6) is 0. The number of aromatic nitrogens is 1. The number of aliphatic hydroxyl groups excluding tert-OH is 1. The summed E-state index contributed by atoms with van der Waals surface area (Å²) in [4.78, 5) is 4.19. The Balaban J connectivity index is 2.62. The van der Waals surface area contributed by atoms with Gasteiger partial charge in [0.25, 0.3) is 0 Å². The molecule has 0 saturated carbocycles. The van der Waals surface area contributed by atoms with Gasteiger partial charge in [-0.15, -0.1) is 0 Å². The molecule has 2 rings (SSSR count). The van der Waals surface area contributed by atoms with Gasteiger partial charge in [0, 0.05) is 5.39 Å². The molecule has 1 heterocycles. The number of alkyl halides is 1. The van der Waals surface area contributed by atoms with Crippen molar-refractivity contribution in [3.05, 3.63) is 42.1 Å². The van der Waals surface area contributed by atoms with Crippen molar-refractivity contribution in [3.63, 3.8) is 0 Å². The van der Waals surface area contributed by atoms with Crippen LogP contribution in [0.25, 0.3) is 10.9 Å². The van der Waals surface area contributed by atoms with E-state index in [1.165, 1.54) is 0 Å². The van der Waals surface area contributed by atoms with Crippen LogP contribution >= 0.6 is 11.6 Å². The van der Waals surface area contributed by atoms with Crippen LogP contribution < -0.4 is 0 Å². The molecule has 2 nitrogen and oxygen atoms in total. The minimum Gasteiger partial charge on any atom is -0.372 e. The first-order chi connectivity index (χ1) is 6.27. The molecule has 2 aromatic rings. The quantitative estimate of drug-likeness (QED) is 0.706. The Bertz CT molecular complexity index is 428. The van der Waals surface area contributed by atoms with Gasteiger partial charge in [-0.05, 0) is 12.1 Å². The van der Waals surface area contributed by atoms with Crippen molar-refractivity contribution in [2.45, 2.75) is 5.56 Å². The molecular weight excluding hydrogens is 186 g/mol. The minimum absolute atomic E-state index is 0.486. The molecule has 3 heteroatoms. The Morgan fingerprint density at radius 1 is 1.15 bits per heavy atom. The van der Waals surface area contributed by atoms with Crippen LogP contribution in [0.5, 0.6) is 0 Å². The van der Waals surface area contributed by atoms with E-state index in [-0.39, 0.29) is 0 Å². The van der Waals surface area contributed by atoms with E-state index in [2.05, 4.69) is 4.98 Å². The molecule has 0 amide bonds. The highest BCUT2D eigenvalue weighted by Gasteiger charge is 2.04. The van der Waals surface area contributed by atoms with Gasteiger partial charge in [-0.3, -0.25) is 0 Å². The number of hydrogen-bond acceptors (Lipinski definition) is 2. The lowest BCUT2D eigenvalue weighted by Gasteiger charge is -2.02.